The van der Waals surface area contributed by atoms with Gasteiger partial charge in [0.2, 0.25) is 0 Å². The number of rotatable bonds is 4. The first-order valence-electron chi connectivity index (χ1n) is 7.49. The summed E-state index contributed by atoms with van der Waals surface area (Å²) >= 11 is 0. The lowest BCUT2D eigenvalue weighted by atomic mass is 10.1. The second-order valence-electron chi connectivity index (χ2n) is 6.12. The molecule has 0 saturated carbocycles. The number of ether oxygens (including phenoxy) is 3. The van der Waals surface area contributed by atoms with Crippen LogP contribution in [0, 0.1) is 0 Å². The van der Waals surface area contributed by atoms with Gasteiger partial charge in [-0.25, -0.2) is 9.59 Å². The molecule has 0 spiro atoms. The van der Waals surface area contributed by atoms with Crippen molar-refractivity contribution in [3.05, 3.63) is 59.7 Å². The van der Waals surface area contributed by atoms with Crippen LogP contribution in [0.1, 0.15) is 41.5 Å². The Morgan fingerprint density at radius 3 is 2.08 bits per heavy atom. The summed E-state index contributed by atoms with van der Waals surface area (Å²) in [4.78, 5) is 24.0. The monoisotopic (exact) mass is 328 g/mol. The van der Waals surface area contributed by atoms with E-state index >= 15 is 0 Å². The average Bonchev–Trinajstić information content (AvgIpc) is 2.53. The summed E-state index contributed by atoms with van der Waals surface area (Å²) < 4.78 is 15.7. The zero-order valence-corrected chi connectivity index (χ0v) is 14.2. The van der Waals surface area contributed by atoms with E-state index in [1.807, 2.05) is 20.8 Å². The number of methoxy groups -OCH3 is 1. The van der Waals surface area contributed by atoms with Crippen molar-refractivity contribution in [2.45, 2.75) is 26.4 Å². The Hall–Kier alpha value is -2.82. The van der Waals surface area contributed by atoms with E-state index in [0.29, 0.717) is 11.3 Å². The third kappa shape index (κ3) is 4.59. The fourth-order valence-electron chi connectivity index (χ4n) is 2.01. The molecule has 5 heteroatoms. The molecule has 0 aliphatic heterocycles. The van der Waals surface area contributed by atoms with Gasteiger partial charge < -0.3 is 14.2 Å². The Balaban J connectivity index is 2.15. The largest absolute Gasteiger partial charge is 0.488 e. The van der Waals surface area contributed by atoms with Crippen LogP contribution in [0.5, 0.6) is 11.5 Å². The van der Waals surface area contributed by atoms with Crippen molar-refractivity contribution >= 4 is 11.9 Å². The summed E-state index contributed by atoms with van der Waals surface area (Å²) in [6, 6.07) is 13.1. The van der Waals surface area contributed by atoms with Crippen molar-refractivity contribution in [3.8, 4) is 11.5 Å². The summed E-state index contributed by atoms with van der Waals surface area (Å²) in [6.45, 7) is 5.83. The van der Waals surface area contributed by atoms with Gasteiger partial charge in [-0.2, -0.15) is 0 Å². The molecule has 0 heterocycles. The minimum absolute atomic E-state index is 0.157. The predicted octanol–water partition coefficient (Wildman–Crippen LogP) is 3.87. The van der Waals surface area contributed by atoms with Crippen LogP contribution in [0.2, 0.25) is 0 Å². The minimum Gasteiger partial charge on any atom is -0.488 e. The first-order valence-corrected chi connectivity index (χ1v) is 7.49. The molecule has 126 valence electrons. The van der Waals surface area contributed by atoms with Crippen LogP contribution in [0.4, 0.5) is 0 Å². The highest BCUT2D eigenvalue weighted by Gasteiger charge is 2.17. The van der Waals surface area contributed by atoms with Crippen LogP contribution in [-0.2, 0) is 4.74 Å². The van der Waals surface area contributed by atoms with E-state index in [1.54, 1.807) is 42.5 Å². The predicted molar refractivity (Wildman–Crippen MR) is 89.6 cm³/mol. The van der Waals surface area contributed by atoms with E-state index in [0.717, 1.165) is 0 Å². The number of hydrogen-bond donors (Lipinski definition) is 0. The number of carbonyl (C=O) groups excluding carboxylic acids is 2. The zero-order valence-electron chi connectivity index (χ0n) is 14.2. The molecule has 0 unspecified atom stereocenters. The van der Waals surface area contributed by atoms with Crippen LogP contribution in [0.15, 0.2) is 48.5 Å². The van der Waals surface area contributed by atoms with Crippen molar-refractivity contribution in [3.63, 3.8) is 0 Å². The number of esters is 2. The first kappa shape index (κ1) is 17.5. The molecule has 0 radical (unpaired) electrons. The Kier molecular flexibility index (Phi) is 5.24. The number of hydrogen-bond acceptors (Lipinski definition) is 5. The fourth-order valence-corrected chi connectivity index (χ4v) is 2.01. The van der Waals surface area contributed by atoms with Gasteiger partial charge in [0.25, 0.3) is 0 Å². The van der Waals surface area contributed by atoms with Gasteiger partial charge >= 0.3 is 11.9 Å². The number of benzene rings is 2. The lowest BCUT2D eigenvalue weighted by Gasteiger charge is -2.21. The van der Waals surface area contributed by atoms with Crippen LogP contribution < -0.4 is 9.47 Å². The van der Waals surface area contributed by atoms with Crippen LogP contribution in [0.25, 0.3) is 0 Å². The molecule has 5 nitrogen and oxygen atoms in total. The third-order valence-electron chi connectivity index (χ3n) is 3.01. The lowest BCUT2D eigenvalue weighted by molar-refractivity contribution is 0.0593. The van der Waals surface area contributed by atoms with E-state index in [4.69, 9.17) is 9.47 Å². The summed E-state index contributed by atoms with van der Waals surface area (Å²) in [5.74, 6) is -0.306. The Bertz CT molecular complexity index is 726. The molecule has 2 rings (SSSR count). The molecule has 2 aromatic rings. The van der Waals surface area contributed by atoms with Crippen molar-refractivity contribution in [2.75, 3.05) is 7.11 Å². The quantitative estimate of drug-likeness (QED) is 0.630. The molecule has 24 heavy (non-hydrogen) atoms. The Morgan fingerprint density at radius 2 is 1.50 bits per heavy atom. The highest BCUT2D eigenvalue weighted by molar-refractivity contribution is 5.96. The van der Waals surface area contributed by atoms with E-state index in [9.17, 15) is 9.59 Å². The van der Waals surface area contributed by atoms with Gasteiger partial charge in [0.1, 0.15) is 22.7 Å². The van der Waals surface area contributed by atoms with Crippen molar-refractivity contribution in [1.29, 1.82) is 0 Å². The van der Waals surface area contributed by atoms with Gasteiger partial charge in [0.05, 0.1) is 12.7 Å². The van der Waals surface area contributed by atoms with Crippen molar-refractivity contribution in [2.24, 2.45) is 0 Å². The third-order valence-corrected chi connectivity index (χ3v) is 3.01. The SMILES string of the molecule is COC(=O)c1ccccc1OC(=O)c1ccc(OC(C)(C)C)cc1. The second kappa shape index (κ2) is 7.17. The second-order valence-corrected chi connectivity index (χ2v) is 6.12. The van der Waals surface area contributed by atoms with Crippen molar-refractivity contribution in [1.82, 2.24) is 0 Å². The standard InChI is InChI=1S/C19H20O5/c1-19(2,3)24-14-11-9-13(10-12-14)17(20)23-16-8-6-5-7-15(16)18(21)22-4/h5-12H,1-4H3. The van der Waals surface area contributed by atoms with Crippen LogP contribution in [0.3, 0.4) is 0 Å². The molecule has 0 fully saturated rings. The lowest BCUT2D eigenvalue weighted by Crippen LogP contribution is -2.22. The van der Waals surface area contributed by atoms with Gasteiger partial charge in [-0.05, 0) is 57.2 Å². The van der Waals surface area contributed by atoms with Crippen LogP contribution >= 0.6 is 0 Å². The maximum Gasteiger partial charge on any atom is 0.343 e. The topological polar surface area (TPSA) is 61.8 Å². The van der Waals surface area contributed by atoms with E-state index in [-0.39, 0.29) is 16.9 Å². The molecule has 0 bridgehead atoms. The van der Waals surface area contributed by atoms with Crippen molar-refractivity contribution < 1.29 is 23.8 Å². The minimum atomic E-state index is -0.563. The molecule has 0 saturated heterocycles. The Labute approximate surface area is 141 Å². The maximum atomic E-state index is 12.3. The first-order chi connectivity index (χ1) is 11.3. The van der Waals surface area contributed by atoms with Gasteiger partial charge in [-0.15, -0.1) is 0 Å². The van der Waals surface area contributed by atoms with E-state index in [2.05, 4.69) is 4.74 Å². The Morgan fingerprint density at radius 1 is 0.875 bits per heavy atom. The average molecular weight is 328 g/mol. The smallest absolute Gasteiger partial charge is 0.343 e. The highest BCUT2D eigenvalue weighted by atomic mass is 16.5. The fraction of sp³-hybridized carbons (Fsp3) is 0.263. The zero-order chi connectivity index (χ0) is 17.7. The summed E-state index contributed by atoms with van der Waals surface area (Å²) in [5.41, 5.74) is 0.235. The van der Waals surface area contributed by atoms with Gasteiger partial charge in [-0.3, -0.25) is 0 Å². The maximum absolute atomic E-state index is 12.3. The molecular formula is C19H20O5. The molecule has 0 aromatic heterocycles. The summed E-state index contributed by atoms with van der Waals surface area (Å²) in [6.07, 6.45) is 0. The molecular weight excluding hydrogens is 308 g/mol. The molecule has 0 amide bonds. The van der Waals surface area contributed by atoms with E-state index in [1.165, 1.54) is 13.2 Å². The molecule has 0 atom stereocenters. The molecule has 0 aliphatic carbocycles. The molecule has 0 aliphatic rings. The molecule has 0 N–H and O–H groups in total. The van der Waals surface area contributed by atoms with Gasteiger partial charge in [-0.1, -0.05) is 12.1 Å². The summed E-state index contributed by atoms with van der Waals surface area (Å²) in [7, 11) is 1.27. The number of carbonyl (C=O) groups is 2. The van der Waals surface area contributed by atoms with Gasteiger partial charge in [0.15, 0.2) is 0 Å². The van der Waals surface area contributed by atoms with Gasteiger partial charge in [0, 0.05) is 0 Å². The summed E-state index contributed by atoms with van der Waals surface area (Å²) in [5, 5.41) is 0. The van der Waals surface area contributed by atoms with E-state index < -0.39 is 11.9 Å². The normalized spacial score (nSPS) is 10.8. The highest BCUT2D eigenvalue weighted by Crippen LogP contribution is 2.22. The number of para-hydroxylation sites is 1. The molecule has 2 aromatic carbocycles. The van der Waals surface area contributed by atoms with Crippen LogP contribution in [-0.4, -0.2) is 24.6 Å².